The van der Waals surface area contributed by atoms with Crippen molar-refractivity contribution in [2.75, 3.05) is 20.7 Å². The molecule has 1 aromatic carbocycles. The minimum absolute atomic E-state index is 0.0718. The number of nitrogens with zero attached hydrogens (tertiary/aromatic N) is 2. The summed E-state index contributed by atoms with van der Waals surface area (Å²) in [5, 5.41) is 0. The molecule has 3 atom stereocenters. The van der Waals surface area contributed by atoms with Crippen LogP contribution in [0.5, 0.6) is 5.75 Å². The van der Waals surface area contributed by atoms with Crippen LogP contribution in [-0.2, 0) is 21.4 Å². The van der Waals surface area contributed by atoms with Gasteiger partial charge in [-0.25, -0.2) is 13.1 Å². The van der Waals surface area contributed by atoms with Gasteiger partial charge in [0.15, 0.2) is 0 Å². The molecule has 3 unspecified atom stereocenters. The molecule has 0 fully saturated rings. The third-order valence-corrected chi connectivity index (χ3v) is 8.39. The van der Waals surface area contributed by atoms with Crippen LogP contribution in [0.4, 0.5) is 0 Å². The highest BCUT2D eigenvalue weighted by molar-refractivity contribution is 7.89. The van der Waals surface area contributed by atoms with E-state index in [1.165, 1.54) is 0 Å². The lowest BCUT2D eigenvalue weighted by Crippen LogP contribution is -2.38. The zero-order valence-corrected chi connectivity index (χ0v) is 22.1. The van der Waals surface area contributed by atoms with Crippen LogP contribution in [0.2, 0.25) is 0 Å². The van der Waals surface area contributed by atoms with E-state index < -0.39 is 10.0 Å². The van der Waals surface area contributed by atoms with E-state index in [2.05, 4.69) is 36.6 Å². The fraction of sp³-hybridized carbons (Fsp3) is 0.481. The highest BCUT2D eigenvalue weighted by Crippen LogP contribution is 2.39. The number of carbonyl (C=O) groups is 1. The molecule has 3 rings (SSSR count). The fourth-order valence-corrected chi connectivity index (χ4v) is 5.85. The molecule has 35 heavy (non-hydrogen) atoms. The molecule has 0 spiro atoms. The molecule has 0 radical (unpaired) electrons. The first-order valence-electron chi connectivity index (χ1n) is 12.1. The van der Waals surface area contributed by atoms with Crippen molar-refractivity contribution in [2.24, 2.45) is 23.7 Å². The summed E-state index contributed by atoms with van der Waals surface area (Å²) >= 11 is 0. The normalized spacial score (nSPS) is 20.4. The second-order valence-electron chi connectivity index (χ2n) is 9.76. The van der Waals surface area contributed by atoms with Gasteiger partial charge in [0, 0.05) is 39.0 Å². The van der Waals surface area contributed by atoms with Crippen molar-refractivity contribution in [3.63, 3.8) is 0 Å². The van der Waals surface area contributed by atoms with E-state index >= 15 is 0 Å². The molecule has 1 N–H and O–H groups in total. The van der Waals surface area contributed by atoms with E-state index in [0.717, 1.165) is 17.6 Å². The Balaban J connectivity index is 1.65. The molecule has 8 heteroatoms. The van der Waals surface area contributed by atoms with Crippen LogP contribution in [0.3, 0.4) is 0 Å². The number of pyridine rings is 1. The molecular weight excluding hydrogens is 462 g/mol. The topological polar surface area (TPSA) is 88.6 Å². The van der Waals surface area contributed by atoms with Gasteiger partial charge in [0.2, 0.25) is 15.9 Å². The summed E-state index contributed by atoms with van der Waals surface area (Å²) in [6.07, 6.45) is 6.99. The first-order valence-corrected chi connectivity index (χ1v) is 13.5. The summed E-state index contributed by atoms with van der Waals surface area (Å²) in [6, 6.07) is 10.2. The Kier molecular flexibility index (Phi) is 9.08. The van der Waals surface area contributed by atoms with E-state index in [4.69, 9.17) is 4.74 Å². The average Bonchev–Trinajstić information content (AvgIpc) is 2.84. The Bertz CT molecular complexity index is 1110. The van der Waals surface area contributed by atoms with Gasteiger partial charge in [-0.3, -0.25) is 9.78 Å². The van der Waals surface area contributed by atoms with E-state index in [1.54, 1.807) is 48.7 Å². The molecule has 7 nitrogen and oxygen atoms in total. The number of nitrogens with one attached hydrogen (secondary N) is 1. The Labute approximate surface area is 209 Å². The molecule has 1 aromatic heterocycles. The zero-order chi connectivity index (χ0) is 25.6. The lowest BCUT2D eigenvalue weighted by Gasteiger charge is -2.37. The first kappa shape index (κ1) is 26.9. The number of hydrogen-bond donors (Lipinski definition) is 1. The van der Waals surface area contributed by atoms with Crippen molar-refractivity contribution < 1.29 is 17.9 Å². The van der Waals surface area contributed by atoms with Crippen molar-refractivity contribution in [2.45, 2.75) is 45.1 Å². The summed E-state index contributed by atoms with van der Waals surface area (Å²) in [4.78, 5) is 19.1. The molecule has 1 amide bonds. The highest BCUT2D eigenvalue weighted by Gasteiger charge is 2.33. The number of benzene rings is 1. The lowest BCUT2D eigenvalue weighted by atomic mass is 9.70. The number of carbonyl (C=O) groups excluding carboxylic acids is 1. The summed E-state index contributed by atoms with van der Waals surface area (Å²) in [5.41, 5.74) is 2.15. The van der Waals surface area contributed by atoms with Crippen molar-refractivity contribution in [3.8, 4) is 5.75 Å². The number of rotatable bonds is 10. The minimum Gasteiger partial charge on any atom is -0.497 e. The Morgan fingerprint density at radius 1 is 1.23 bits per heavy atom. The van der Waals surface area contributed by atoms with Crippen LogP contribution in [0.25, 0.3) is 0 Å². The van der Waals surface area contributed by atoms with Gasteiger partial charge in [-0.05, 0) is 72.9 Å². The monoisotopic (exact) mass is 499 g/mol. The van der Waals surface area contributed by atoms with E-state index in [-0.39, 0.29) is 28.6 Å². The Morgan fingerprint density at radius 3 is 2.54 bits per heavy atom. The van der Waals surface area contributed by atoms with Gasteiger partial charge in [-0.15, -0.1) is 0 Å². The van der Waals surface area contributed by atoms with Crippen LogP contribution >= 0.6 is 0 Å². The largest absolute Gasteiger partial charge is 0.497 e. The third-order valence-electron chi connectivity index (χ3n) is 6.95. The molecule has 0 aliphatic heterocycles. The van der Waals surface area contributed by atoms with Gasteiger partial charge in [0.1, 0.15) is 5.75 Å². The van der Waals surface area contributed by atoms with Crippen LogP contribution < -0.4 is 9.46 Å². The molecule has 0 saturated heterocycles. The summed E-state index contributed by atoms with van der Waals surface area (Å²) in [5.74, 6) is 1.58. The first-order chi connectivity index (χ1) is 16.6. The molecule has 2 aromatic rings. The van der Waals surface area contributed by atoms with Gasteiger partial charge in [-0.1, -0.05) is 31.6 Å². The molecule has 190 valence electrons. The number of hydrogen-bond acceptors (Lipinski definition) is 5. The standard InChI is InChI=1S/C27H37N3O4S/c1-19(2)26-14-22(15-27(31)30(4)18-21-7-6-12-28-16-21)20(3)13-23(26)17-29-35(32,33)25-10-8-24(34-5)9-11-25/h6-13,16,19,22-23,26,29H,14-15,17-18H2,1-5H3. The van der Waals surface area contributed by atoms with Gasteiger partial charge in [0.05, 0.1) is 12.0 Å². The van der Waals surface area contributed by atoms with Crippen molar-refractivity contribution in [1.29, 1.82) is 0 Å². The van der Waals surface area contributed by atoms with Crippen molar-refractivity contribution in [1.82, 2.24) is 14.6 Å². The summed E-state index contributed by atoms with van der Waals surface area (Å²) in [7, 11) is -0.251. The Morgan fingerprint density at radius 2 is 1.94 bits per heavy atom. The molecule has 1 heterocycles. The summed E-state index contributed by atoms with van der Waals surface area (Å²) < 4.78 is 33.6. The maximum absolute atomic E-state index is 13.0. The number of allylic oxidation sites excluding steroid dienone is 1. The van der Waals surface area contributed by atoms with E-state index in [0.29, 0.717) is 31.2 Å². The molecule has 0 bridgehead atoms. The van der Waals surface area contributed by atoms with Crippen molar-refractivity contribution in [3.05, 3.63) is 66.0 Å². The molecular formula is C27H37N3O4S. The van der Waals surface area contributed by atoms with Gasteiger partial charge >= 0.3 is 0 Å². The van der Waals surface area contributed by atoms with Crippen LogP contribution in [0, 0.1) is 23.7 Å². The van der Waals surface area contributed by atoms with Gasteiger partial charge < -0.3 is 9.64 Å². The number of amides is 1. The minimum atomic E-state index is -3.63. The maximum Gasteiger partial charge on any atom is 0.240 e. The summed E-state index contributed by atoms with van der Waals surface area (Å²) in [6.45, 7) is 7.25. The zero-order valence-electron chi connectivity index (χ0n) is 21.3. The maximum atomic E-state index is 13.0. The average molecular weight is 500 g/mol. The Hall–Kier alpha value is -2.71. The molecule has 1 aliphatic rings. The highest BCUT2D eigenvalue weighted by atomic mass is 32.2. The predicted octanol–water partition coefficient (Wildman–Crippen LogP) is 4.27. The predicted molar refractivity (Wildman–Crippen MR) is 137 cm³/mol. The SMILES string of the molecule is COc1ccc(S(=O)(=O)NCC2C=C(C)C(CC(=O)N(C)Cc3cccnc3)CC2C(C)C)cc1. The fourth-order valence-electron chi connectivity index (χ4n) is 4.77. The smallest absolute Gasteiger partial charge is 0.240 e. The van der Waals surface area contributed by atoms with E-state index in [1.807, 2.05) is 19.2 Å². The molecule has 0 saturated carbocycles. The number of methoxy groups -OCH3 is 1. The quantitative estimate of drug-likeness (QED) is 0.493. The number of ether oxygens (including phenoxy) is 1. The van der Waals surface area contributed by atoms with Crippen LogP contribution in [0.1, 0.15) is 39.2 Å². The van der Waals surface area contributed by atoms with Crippen molar-refractivity contribution >= 4 is 15.9 Å². The molecule has 1 aliphatic carbocycles. The van der Waals surface area contributed by atoms with E-state index in [9.17, 15) is 13.2 Å². The lowest BCUT2D eigenvalue weighted by molar-refractivity contribution is -0.131. The van der Waals surface area contributed by atoms with Crippen LogP contribution in [0.15, 0.2) is 65.3 Å². The number of aromatic nitrogens is 1. The number of sulfonamides is 1. The van der Waals surface area contributed by atoms with Crippen LogP contribution in [-0.4, -0.2) is 44.9 Å². The second-order valence-corrected chi connectivity index (χ2v) is 11.5. The second kappa shape index (κ2) is 11.8. The third kappa shape index (κ3) is 7.15. The van der Waals surface area contributed by atoms with Gasteiger partial charge in [0.25, 0.3) is 0 Å². The van der Waals surface area contributed by atoms with Gasteiger partial charge in [-0.2, -0.15) is 0 Å².